The third-order valence-electron chi connectivity index (χ3n) is 1.81. The highest BCUT2D eigenvalue weighted by Crippen LogP contribution is 2.25. The summed E-state index contributed by atoms with van der Waals surface area (Å²) in [6.45, 7) is 9.15. The molecule has 0 aliphatic heterocycles. The Morgan fingerprint density at radius 3 is 2.09 bits per heavy atom. The van der Waals surface area contributed by atoms with Gasteiger partial charge in [0.2, 0.25) is 0 Å². The van der Waals surface area contributed by atoms with Crippen molar-refractivity contribution in [3.05, 3.63) is 0 Å². The summed E-state index contributed by atoms with van der Waals surface area (Å²) < 4.78 is 0. The van der Waals surface area contributed by atoms with Gasteiger partial charge in [0.25, 0.3) is 0 Å². The van der Waals surface area contributed by atoms with Crippen molar-refractivity contribution in [2.75, 3.05) is 0 Å². The van der Waals surface area contributed by atoms with Gasteiger partial charge in [-0.1, -0.05) is 50.0 Å². The van der Waals surface area contributed by atoms with E-state index in [1.165, 1.54) is 25.7 Å². The van der Waals surface area contributed by atoms with E-state index in [2.05, 4.69) is 43.6 Å². The van der Waals surface area contributed by atoms with Gasteiger partial charge in [-0.05, 0) is 24.7 Å². The average molecular weight is 221 g/mol. The molecule has 0 fully saturated rings. The molecule has 0 saturated heterocycles. The molecule has 0 aromatic heterocycles. The van der Waals surface area contributed by atoms with E-state index >= 15 is 0 Å². The SMILES string of the molecule is CCCC(Br)CCC(C)(C)C. The quantitative estimate of drug-likeness (QED) is 0.618. The number of hydrogen-bond acceptors (Lipinski definition) is 0. The smallest absolute Gasteiger partial charge is 0.0145 e. The van der Waals surface area contributed by atoms with Crippen LogP contribution >= 0.6 is 15.9 Å². The molecule has 0 rings (SSSR count). The van der Waals surface area contributed by atoms with Crippen LogP contribution in [0.4, 0.5) is 0 Å². The minimum absolute atomic E-state index is 0.500. The van der Waals surface area contributed by atoms with Crippen molar-refractivity contribution < 1.29 is 0 Å². The van der Waals surface area contributed by atoms with Crippen LogP contribution in [0.3, 0.4) is 0 Å². The standard InChI is InChI=1S/C10H21Br/c1-5-6-9(11)7-8-10(2,3)4/h9H,5-8H2,1-4H3. The van der Waals surface area contributed by atoms with Crippen molar-refractivity contribution in [1.29, 1.82) is 0 Å². The highest BCUT2D eigenvalue weighted by Gasteiger charge is 2.12. The van der Waals surface area contributed by atoms with Gasteiger partial charge in [-0.2, -0.15) is 0 Å². The van der Waals surface area contributed by atoms with Crippen LogP contribution in [-0.4, -0.2) is 4.83 Å². The van der Waals surface area contributed by atoms with Crippen molar-refractivity contribution in [1.82, 2.24) is 0 Å². The predicted octanol–water partition coefficient (Wildman–Crippen LogP) is 4.38. The van der Waals surface area contributed by atoms with Crippen molar-refractivity contribution in [2.45, 2.75) is 58.2 Å². The maximum absolute atomic E-state index is 3.69. The normalized spacial score (nSPS) is 15.0. The lowest BCUT2D eigenvalue weighted by molar-refractivity contribution is 0.361. The summed E-state index contributed by atoms with van der Waals surface area (Å²) in [5.74, 6) is 0. The van der Waals surface area contributed by atoms with Crippen LogP contribution in [0.5, 0.6) is 0 Å². The van der Waals surface area contributed by atoms with E-state index in [0.29, 0.717) is 5.41 Å². The molecule has 1 atom stereocenters. The molecule has 0 radical (unpaired) electrons. The van der Waals surface area contributed by atoms with Gasteiger partial charge in [-0.3, -0.25) is 0 Å². The predicted molar refractivity (Wildman–Crippen MR) is 56.3 cm³/mol. The van der Waals surface area contributed by atoms with E-state index in [9.17, 15) is 0 Å². The lowest BCUT2D eigenvalue weighted by atomic mass is 9.89. The van der Waals surface area contributed by atoms with Gasteiger partial charge in [0.15, 0.2) is 0 Å². The van der Waals surface area contributed by atoms with Gasteiger partial charge >= 0.3 is 0 Å². The van der Waals surface area contributed by atoms with Crippen LogP contribution in [0.25, 0.3) is 0 Å². The van der Waals surface area contributed by atoms with Crippen LogP contribution < -0.4 is 0 Å². The maximum atomic E-state index is 3.69. The Hall–Kier alpha value is 0.480. The van der Waals surface area contributed by atoms with Crippen molar-refractivity contribution in [3.63, 3.8) is 0 Å². The molecular formula is C10H21Br. The second-order valence-electron chi connectivity index (χ2n) is 4.49. The molecular weight excluding hydrogens is 200 g/mol. The number of rotatable bonds is 4. The van der Waals surface area contributed by atoms with Crippen LogP contribution in [0, 0.1) is 5.41 Å². The van der Waals surface area contributed by atoms with Crippen LogP contribution in [-0.2, 0) is 0 Å². The molecule has 0 N–H and O–H groups in total. The van der Waals surface area contributed by atoms with Gasteiger partial charge in [-0.15, -0.1) is 0 Å². The summed E-state index contributed by atoms with van der Waals surface area (Å²) in [5, 5.41) is 0. The summed E-state index contributed by atoms with van der Waals surface area (Å²) in [6.07, 6.45) is 5.25. The zero-order valence-electron chi connectivity index (χ0n) is 8.28. The van der Waals surface area contributed by atoms with Crippen molar-refractivity contribution in [2.24, 2.45) is 5.41 Å². The number of alkyl halides is 1. The van der Waals surface area contributed by atoms with Crippen molar-refractivity contribution >= 4 is 15.9 Å². The molecule has 1 heteroatoms. The Kier molecular flexibility index (Phi) is 5.41. The molecule has 0 nitrogen and oxygen atoms in total. The lowest BCUT2D eigenvalue weighted by Gasteiger charge is -2.19. The summed E-state index contributed by atoms with van der Waals surface area (Å²) in [7, 11) is 0. The summed E-state index contributed by atoms with van der Waals surface area (Å²) in [5.41, 5.74) is 0.500. The first kappa shape index (κ1) is 11.5. The van der Waals surface area contributed by atoms with E-state index in [1.54, 1.807) is 0 Å². The minimum atomic E-state index is 0.500. The zero-order chi connectivity index (χ0) is 8.91. The molecule has 0 spiro atoms. The molecule has 11 heavy (non-hydrogen) atoms. The first-order valence-corrected chi connectivity index (χ1v) is 5.51. The number of hydrogen-bond donors (Lipinski definition) is 0. The second-order valence-corrected chi connectivity index (χ2v) is 5.78. The Labute approximate surface area is 79.9 Å². The molecule has 68 valence electrons. The van der Waals surface area contributed by atoms with Crippen LogP contribution in [0.2, 0.25) is 0 Å². The largest absolute Gasteiger partial charge is 0.0891 e. The topological polar surface area (TPSA) is 0 Å². The summed E-state index contributed by atoms with van der Waals surface area (Å²) in [4.78, 5) is 0.742. The average Bonchev–Trinajstić information content (AvgIpc) is 1.83. The lowest BCUT2D eigenvalue weighted by Crippen LogP contribution is -2.08. The van der Waals surface area contributed by atoms with Gasteiger partial charge in [0, 0.05) is 4.83 Å². The zero-order valence-corrected chi connectivity index (χ0v) is 9.87. The number of halogens is 1. The van der Waals surface area contributed by atoms with E-state index in [1.807, 2.05) is 0 Å². The second kappa shape index (κ2) is 5.18. The molecule has 0 bridgehead atoms. The molecule has 0 aliphatic rings. The van der Waals surface area contributed by atoms with E-state index < -0.39 is 0 Å². The van der Waals surface area contributed by atoms with Gasteiger partial charge in [0.05, 0.1) is 0 Å². The maximum Gasteiger partial charge on any atom is 0.0145 e. The van der Waals surface area contributed by atoms with Gasteiger partial charge < -0.3 is 0 Å². The van der Waals surface area contributed by atoms with Crippen LogP contribution in [0.1, 0.15) is 53.4 Å². The Bertz CT molecular complexity index is 91.5. The molecule has 0 aromatic rings. The van der Waals surface area contributed by atoms with E-state index in [4.69, 9.17) is 0 Å². The Morgan fingerprint density at radius 2 is 1.73 bits per heavy atom. The minimum Gasteiger partial charge on any atom is -0.0891 e. The van der Waals surface area contributed by atoms with E-state index in [0.717, 1.165) is 4.83 Å². The fourth-order valence-electron chi connectivity index (χ4n) is 1.05. The molecule has 0 aliphatic carbocycles. The molecule has 1 unspecified atom stereocenters. The highest BCUT2D eigenvalue weighted by atomic mass is 79.9. The first-order valence-electron chi connectivity index (χ1n) is 4.60. The Balaban J connectivity index is 3.38. The van der Waals surface area contributed by atoms with Gasteiger partial charge in [-0.25, -0.2) is 0 Å². The molecule has 0 heterocycles. The van der Waals surface area contributed by atoms with E-state index in [-0.39, 0.29) is 0 Å². The third-order valence-corrected chi connectivity index (χ3v) is 2.73. The van der Waals surface area contributed by atoms with Gasteiger partial charge in [0.1, 0.15) is 0 Å². The van der Waals surface area contributed by atoms with Crippen LogP contribution in [0.15, 0.2) is 0 Å². The third kappa shape index (κ3) is 8.39. The monoisotopic (exact) mass is 220 g/mol. The molecule has 0 saturated carbocycles. The fourth-order valence-corrected chi connectivity index (χ4v) is 1.73. The molecule has 0 aromatic carbocycles. The summed E-state index contributed by atoms with van der Waals surface area (Å²) in [6, 6.07) is 0. The summed E-state index contributed by atoms with van der Waals surface area (Å²) >= 11 is 3.69. The molecule has 0 amide bonds. The van der Waals surface area contributed by atoms with Crippen molar-refractivity contribution in [3.8, 4) is 0 Å². The Morgan fingerprint density at radius 1 is 1.18 bits per heavy atom. The highest BCUT2D eigenvalue weighted by molar-refractivity contribution is 9.09. The fraction of sp³-hybridized carbons (Fsp3) is 1.00. The first-order chi connectivity index (χ1) is 4.95.